The molecule has 1 unspecified atom stereocenters. The second kappa shape index (κ2) is 7.55. The minimum atomic E-state index is -0.803. The Morgan fingerprint density at radius 2 is 1.73 bits per heavy atom. The van der Waals surface area contributed by atoms with Crippen molar-refractivity contribution < 1.29 is 14.6 Å². The van der Waals surface area contributed by atoms with Crippen LogP contribution in [0.3, 0.4) is 0 Å². The number of carbonyl (C=O) groups excluding carboxylic acids is 1. The predicted molar refractivity (Wildman–Crippen MR) is 101 cm³/mol. The minimum absolute atomic E-state index is 0.0240. The largest absolute Gasteiger partial charge is 0.387 e. The van der Waals surface area contributed by atoms with Crippen LogP contribution >= 0.6 is 0 Å². The molecule has 3 heterocycles. The lowest BCUT2D eigenvalue weighted by molar-refractivity contribution is -0.0257. The first kappa shape index (κ1) is 17.8. The fourth-order valence-electron chi connectivity index (χ4n) is 4.31. The monoisotopic (exact) mass is 359 g/mol. The molecule has 6 heteroatoms. The lowest BCUT2D eigenvalue weighted by atomic mass is 10.0. The number of benzene rings is 1. The molecule has 3 aliphatic heterocycles. The molecule has 0 aromatic heterocycles. The average molecular weight is 359 g/mol. The lowest BCUT2D eigenvalue weighted by Crippen LogP contribution is -2.49. The molecule has 0 aliphatic carbocycles. The van der Waals surface area contributed by atoms with E-state index in [1.54, 1.807) is 4.90 Å². The van der Waals surface area contributed by atoms with Crippen LogP contribution in [0.1, 0.15) is 29.6 Å². The number of likely N-dealkylation sites (tertiary alicyclic amines) is 1. The summed E-state index contributed by atoms with van der Waals surface area (Å²) in [7, 11) is 0. The Bertz CT molecular complexity index is 624. The van der Waals surface area contributed by atoms with Gasteiger partial charge in [-0.1, -0.05) is 0 Å². The standard InChI is InChI=1S/C20H29N3O3/c24-19(17-3-5-18(6-4-17)22-8-1-2-9-22)23-10-7-20(25,16-23)15-21-11-13-26-14-12-21/h3-6,25H,1-2,7-16H2. The van der Waals surface area contributed by atoms with Crippen LogP contribution in [0, 0.1) is 0 Å². The summed E-state index contributed by atoms with van der Waals surface area (Å²) < 4.78 is 5.37. The van der Waals surface area contributed by atoms with E-state index in [9.17, 15) is 9.90 Å². The highest BCUT2D eigenvalue weighted by atomic mass is 16.5. The van der Waals surface area contributed by atoms with Gasteiger partial charge in [0, 0.05) is 50.5 Å². The molecule has 0 bridgehead atoms. The summed E-state index contributed by atoms with van der Waals surface area (Å²) in [4.78, 5) is 19.2. The van der Waals surface area contributed by atoms with Gasteiger partial charge in [0.2, 0.25) is 0 Å². The van der Waals surface area contributed by atoms with Gasteiger partial charge in [-0.25, -0.2) is 0 Å². The Kier molecular flexibility index (Phi) is 5.16. The zero-order valence-corrected chi connectivity index (χ0v) is 15.4. The molecular formula is C20H29N3O3. The van der Waals surface area contributed by atoms with Crippen molar-refractivity contribution in [2.24, 2.45) is 0 Å². The summed E-state index contributed by atoms with van der Waals surface area (Å²) in [6.07, 6.45) is 3.13. The van der Waals surface area contributed by atoms with Crippen LogP contribution in [0.25, 0.3) is 0 Å². The van der Waals surface area contributed by atoms with Crippen molar-refractivity contribution >= 4 is 11.6 Å². The molecular weight excluding hydrogens is 330 g/mol. The van der Waals surface area contributed by atoms with Crippen molar-refractivity contribution in [3.8, 4) is 0 Å². The van der Waals surface area contributed by atoms with Crippen molar-refractivity contribution in [2.75, 3.05) is 63.9 Å². The van der Waals surface area contributed by atoms with Crippen molar-refractivity contribution in [3.05, 3.63) is 29.8 Å². The third-order valence-corrected chi connectivity index (χ3v) is 5.83. The Hall–Kier alpha value is -1.63. The average Bonchev–Trinajstić information content (AvgIpc) is 3.32. The number of amides is 1. The maximum atomic E-state index is 12.8. The molecule has 3 saturated heterocycles. The minimum Gasteiger partial charge on any atom is -0.387 e. The van der Waals surface area contributed by atoms with Crippen LogP contribution in [0.15, 0.2) is 24.3 Å². The maximum Gasteiger partial charge on any atom is 0.253 e. The van der Waals surface area contributed by atoms with Gasteiger partial charge in [-0.3, -0.25) is 9.69 Å². The fourth-order valence-corrected chi connectivity index (χ4v) is 4.31. The zero-order valence-electron chi connectivity index (χ0n) is 15.4. The van der Waals surface area contributed by atoms with Crippen molar-refractivity contribution in [1.29, 1.82) is 0 Å². The normalized spacial score (nSPS) is 27.3. The molecule has 1 amide bonds. The quantitative estimate of drug-likeness (QED) is 0.875. The van der Waals surface area contributed by atoms with Gasteiger partial charge in [0.25, 0.3) is 5.91 Å². The summed E-state index contributed by atoms with van der Waals surface area (Å²) in [5, 5.41) is 10.9. The first-order chi connectivity index (χ1) is 12.6. The van der Waals surface area contributed by atoms with Gasteiger partial charge in [0.15, 0.2) is 0 Å². The van der Waals surface area contributed by atoms with Crippen LogP contribution < -0.4 is 4.90 Å². The van der Waals surface area contributed by atoms with E-state index >= 15 is 0 Å². The van der Waals surface area contributed by atoms with E-state index in [4.69, 9.17) is 4.74 Å². The highest BCUT2D eigenvalue weighted by Crippen LogP contribution is 2.26. The van der Waals surface area contributed by atoms with Gasteiger partial charge in [-0.2, -0.15) is 0 Å². The van der Waals surface area contributed by atoms with Crippen LogP contribution in [0.4, 0.5) is 5.69 Å². The third kappa shape index (κ3) is 3.87. The molecule has 1 aromatic carbocycles. The summed E-state index contributed by atoms with van der Waals surface area (Å²) >= 11 is 0. The Balaban J connectivity index is 1.36. The molecule has 0 spiro atoms. The molecule has 26 heavy (non-hydrogen) atoms. The summed E-state index contributed by atoms with van der Waals surface area (Å²) in [6, 6.07) is 7.95. The SMILES string of the molecule is O=C(c1ccc(N2CCCC2)cc1)N1CCC(O)(CN2CCOCC2)C1. The van der Waals surface area contributed by atoms with Crippen molar-refractivity contribution in [2.45, 2.75) is 24.9 Å². The molecule has 3 fully saturated rings. The highest BCUT2D eigenvalue weighted by molar-refractivity contribution is 5.94. The van der Waals surface area contributed by atoms with Gasteiger partial charge in [0.05, 0.1) is 25.4 Å². The van der Waals surface area contributed by atoms with Gasteiger partial charge in [0.1, 0.15) is 0 Å². The number of ether oxygens (including phenoxy) is 1. The summed E-state index contributed by atoms with van der Waals surface area (Å²) in [6.45, 7) is 7.02. The molecule has 1 aromatic rings. The summed E-state index contributed by atoms with van der Waals surface area (Å²) in [5.74, 6) is 0.0240. The van der Waals surface area contributed by atoms with Crippen LogP contribution in [-0.4, -0.2) is 85.4 Å². The van der Waals surface area contributed by atoms with Crippen LogP contribution in [-0.2, 0) is 4.74 Å². The molecule has 1 N–H and O–H groups in total. The molecule has 3 aliphatic rings. The number of hydrogen-bond donors (Lipinski definition) is 1. The van der Waals surface area contributed by atoms with E-state index in [0.717, 1.165) is 39.4 Å². The third-order valence-electron chi connectivity index (χ3n) is 5.83. The van der Waals surface area contributed by atoms with E-state index in [2.05, 4.69) is 21.9 Å². The van der Waals surface area contributed by atoms with Gasteiger partial charge in [-0.15, -0.1) is 0 Å². The number of carbonyl (C=O) groups is 1. The van der Waals surface area contributed by atoms with Gasteiger partial charge >= 0.3 is 0 Å². The maximum absolute atomic E-state index is 12.8. The highest BCUT2D eigenvalue weighted by Gasteiger charge is 2.39. The Labute approximate surface area is 155 Å². The number of β-amino-alcohol motifs (C(OH)–C–C–N with tert-alkyl or cyclic N) is 1. The number of morpholine rings is 1. The number of anilines is 1. The van der Waals surface area contributed by atoms with E-state index in [1.165, 1.54) is 18.5 Å². The predicted octanol–water partition coefficient (Wildman–Crippen LogP) is 1.20. The molecule has 4 rings (SSSR count). The van der Waals surface area contributed by atoms with E-state index in [0.29, 0.717) is 31.6 Å². The first-order valence-corrected chi connectivity index (χ1v) is 9.80. The second-order valence-electron chi connectivity index (χ2n) is 7.83. The number of aliphatic hydroxyl groups is 1. The van der Waals surface area contributed by atoms with Crippen LogP contribution in [0.5, 0.6) is 0 Å². The molecule has 142 valence electrons. The first-order valence-electron chi connectivity index (χ1n) is 9.80. The second-order valence-corrected chi connectivity index (χ2v) is 7.83. The Morgan fingerprint density at radius 1 is 1.04 bits per heavy atom. The van der Waals surface area contributed by atoms with Crippen LogP contribution in [0.2, 0.25) is 0 Å². The molecule has 0 saturated carbocycles. The number of hydrogen-bond acceptors (Lipinski definition) is 5. The van der Waals surface area contributed by atoms with Crippen molar-refractivity contribution in [1.82, 2.24) is 9.80 Å². The van der Waals surface area contributed by atoms with Crippen molar-refractivity contribution in [3.63, 3.8) is 0 Å². The molecule has 1 atom stereocenters. The number of rotatable bonds is 4. The smallest absolute Gasteiger partial charge is 0.253 e. The number of nitrogens with zero attached hydrogens (tertiary/aromatic N) is 3. The topological polar surface area (TPSA) is 56.2 Å². The fraction of sp³-hybridized carbons (Fsp3) is 0.650. The van der Waals surface area contributed by atoms with E-state index in [1.807, 2.05) is 12.1 Å². The lowest BCUT2D eigenvalue weighted by Gasteiger charge is -2.33. The zero-order chi connectivity index (χ0) is 18.0. The van der Waals surface area contributed by atoms with E-state index in [-0.39, 0.29) is 5.91 Å². The molecule has 0 radical (unpaired) electrons. The van der Waals surface area contributed by atoms with E-state index < -0.39 is 5.60 Å². The Morgan fingerprint density at radius 3 is 2.42 bits per heavy atom. The van der Waals surface area contributed by atoms with Gasteiger partial charge in [-0.05, 0) is 43.5 Å². The molecule has 6 nitrogen and oxygen atoms in total. The summed E-state index contributed by atoms with van der Waals surface area (Å²) in [5.41, 5.74) is 1.11. The van der Waals surface area contributed by atoms with Gasteiger partial charge < -0.3 is 19.6 Å².